The number of nitriles is 2. The molecule has 18 rings (SSSR count). The predicted molar refractivity (Wildman–Crippen MR) is 483 cm³/mol. The molecule has 4 aliphatic carbocycles. The van der Waals surface area contributed by atoms with Crippen molar-refractivity contribution < 1.29 is 52.7 Å². The smallest absolute Gasteiger partial charge is 0.410 e. The number of ether oxygens (including phenoxy) is 3. The summed E-state index contributed by atoms with van der Waals surface area (Å²) in [4.78, 5) is 38.8. The summed E-state index contributed by atoms with van der Waals surface area (Å²) in [6, 6.07) is 18.7. The van der Waals surface area contributed by atoms with E-state index in [0.717, 1.165) is 161 Å². The molecule has 9 aromatic heterocycles. The lowest BCUT2D eigenvalue weighted by molar-refractivity contribution is 0.0214. The second-order valence-electron chi connectivity index (χ2n) is 35.9. The first kappa shape index (κ1) is 94.1. The number of aromatic amines is 2. The third-order valence-electron chi connectivity index (χ3n) is 22.0. The molecule has 34 nitrogen and oxygen atoms in total. The van der Waals surface area contributed by atoms with Crippen LogP contribution in [0.25, 0.3) is 81.0 Å². The van der Waals surface area contributed by atoms with E-state index in [-0.39, 0.29) is 53.0 Å². The largest absolute Gasteiger partial charge is 0.444 e. The van der Waals surface area contributed by atoms with Gasteiger partial charge in [-0.2, -0.15) is 38.7 Å². The van der Waals surface area contributed by atoms with Crippen LogP contribution in [0.4, 0.5) is 4.79 Å². The van der Waals surface area contributed by atoms with Crippen LogP contribution in [0.1, 0.15) is 85.0 Å². The maximum atomic E-state index is 12.6. The zero-order valence-electron chi connectivity index (χ0n) is 71.7. The van der Waals surface area contributed by atoms with E-state index in [9.17, 15) is 49.0 Å². The van der Waals surface area contributed by atoms with Gasteiger partial charge in [-0.25, -0.2) is 68.0 Å². The number of carbonyl (C=O) groups excluding carboxylic acids is 1. The topological polar surface area (TPSA) is 396 Å². The van der Waals surface area contributed by atoms with Gasteiger partial charge in [0, 0.05) is 194 Å². The Balaban J connectivity index is 0.000000141. The Morgan fingerprint density at radius 3 is 1.38 bits per heavy atom. The lowest BCUT2D eigenvalue weighted by Crippen LogP contribution is -2.64. The fourth-order valence-electron chi connectivity index (χ4n) is 13.9. The van der Waals surface area contributed by atoms with Gasteiger partial charge < -0.3 is 38.5 Å². The third kappa shape index (κ3) is 24.2. The predicted octanol–water partition coefficient (Wildman–Crippen LogP) is 13.0. The number of fused-ring (bicyclic) bond motifs is 3. The Morgan fingerprint density at radius 1 is 0.576 bits per heavy atom. The number of amides is 1. The lowest BCUT2D eigenvalue weighted by Gasteiger charge is -2.48. The first-order valence-corrected chi connectivity index (χ1v) is 55.6. The van der Waals surface area contributed by atoms with Gasteiger partial charge in [-0.1, -0.05) is 39.3 Å². The number of pyridine rings is 3. The van der Waals surface area contributed by atoms with Gasteiger partial charge in [0.05, 0.1) is 84.3 Å². The summed E-state index contributed by atoms with van der Waals surface area (Å²) in [6.07, 6.45) is 33.0. The van der Waals surface area contributed by atoms with Gasteiger partial charge in [-0.05, 0) is 154 Å². The molecular weight excluding hydrogens is 1730 g/mol. The minimum Gasteiger partial charge on any atom is -0.444 e. The van der Waals surface area contributed by atoms with Crippen molar-refractivity contribution in [2.24, 2.45) is 0 Å². The number of hydrogen-bond acceptors (Lipinski definition) is 21. The van der Waals surface area contributed by atoms with Crippen molar-refractivity contribution in [2.75, 3.05) is 78.7 Å². The third-order valence-corrected chi connectivity index (χ3v) is 34.3. The van der Waals surface area contributed by atoms with Crippen molar-refractivity contribution in [1.82, 2.24) is 82.0 Å². The highest BCUT2D eigenvalue weighted by Gasteiger charge is 2.55. The number of halogens is 1. The van der Waals surface area contributed by atoms with Crippen molar-refractivity contribution in [1.29, 1.82) is 10.5 Å². The van der Waals surface area contributed by atoms with Crippen LogP contribution < -0.4 is 5.32 Å². The molecule has 0 aromatic carbocycles. The number of aromatic nitrogens is 12. The number of nitrogens with one attached hydrogen (secondary N) is 3. The van der Waals surface area contributed by atoms with Crippen molar-refractivity contribution in [3.8, 4) is 45.5 Å². The van der Waals surface area contributed by atoms with Gasteiger partial charge in [0.1, 0.15) is 47.1 Å². The van der Waals surface area contributed by atoms with E-state index < -0.39 is 71.9 Å². The minimum absolute atomic E-state index is 0.123. The molecule has 0 atom stereocenters. The van der Waals surface area contributed by atoms with Gasteiger partial charge in [-0.15, -0.1) is 0 Å². The number of H-pyrrole nitrogens is 2. The fourth-order valence-corrected chi connectivity index (χ4v) is 22.5. The molecule has 9 aliphatic rings. The minimum atomic E-state index is -3.25. The highest BCUT2D eigenvalue weighted by Crippen LogP contribution is 2.44. The van der Waals surface area contributed by atoms with Crippen LogP contribution >= 0.6 is 10.7 Å². The SMILES string of the molecule is C[Si](C)(C)CCOCn1ccc2c(-c3cn[nH]c3)ccnc21.C[Si](C)(C)CCOCn1ccc2c(-c3cnn(C4(CC#N)CN(S(=O)(=O)C5CC5)C4)c3)ccnc21.N#CCC1(n2cc(-c3ccnc4[nH]ccc34)cn2)CN(S(=O)(=O)C2CC2)C1.O=S(=O)(Cl)C1CC1.[C-]#[N+]C=C1CN(C(=O)OC(C)(C)C)C1.[C-]#[N+]C=C1CN(S(=O)(=O)C2CC2)C1.[C-]#[N+]C=C1CNC1. The maximum Gasteiger partial charge on any atom is 0.410 e. The summed E-state index contributed by atoms with van der Waals surface area (Å²) >= 11 is 0. The summed E-state index contributed by atoms with van der Waals surface area (Å²) in [6.45, 7) is 46.7. The van der Waals surface area contributed by atoms with Crippen LogP contribution in [0.2, 0.25) is 51.4 Å². The Hall–Kier alpha value is -10.1. The highest BCUT2D eigenvalue weighted by molar-refractivity contribution is 8.14. The van der Waals surface area contributed by atoms with Gasteiger partial charge in [-0.3, -0.25) is 14.5 Å². The zero-order valence-corrected chi connectivity index (χ0v) is 77.7. The average molecular weight is 1840 g/mol. The number of sulfonamides is 3. The molecule has 3 N–H and O–H groups in total. The van der Waals surface area contributed by atoms with Crippen molar-refractivity contribution in [3.63, 3.8) is 0 Å². The second kappa shape index (κ2) is 39.4. The monoisotopic (exact) mass is 1830 g/mol. The number of nitrogens with zero attached hydrogens (tertiary/aromatic N) is 19. The van der Waals surface area contributed by atoms with Crippen molar-refractivity contribution in [3.05, 3.63) is 180 Å². The molecule has 125 heavy (non-hydrogen) atoms. The fraction of sp³-hybridized carbons (Fsp3) is 0.500. The zero-order chi connectivity index (χ0) is 89.9. The van der Waals surface area contributed by atoms with E-state index in [2.05, 4.69) is 122 Å². The van der Waals surface area contributed by atoms with Gasteiger partial charge in [0.15, 0.2) is 18.6 Å². The van der Waals surface area contributed by atoms with Gasteiger partial charge >= 0.3 is 6.09 Å². The molecule has 5 saturated heterocycles. The van der Waals surface area contributed by atoms with E-state index in [1.807, 2.05) is 105 Å². The summed E-state index contributed by atoms with van der Waals surface area (Å²) in [7, 11) is -9.90. The van der Waals surface area contributed by atoms with Crippen LogP contribution in [0.3, 0.4) is 0 Å². The molecule has 4 saturated carbocycles. The lowest BCUT2D eigenvalue weighted by atomic mass is 9.89. The number of hydrogen-bond donors (Lipinski definition) is 3. The molecule has 0 spiro atoms. The first-order chi connectivity index (χ1) is 59.3. The Kier molecular flexibility index (Phi) is 29.7. The van der Waals surface area contributed by atoms with E-state index in [0.29, 0.717) is 52.7 Å². The molecular formula is C84H107ClN22O12S4Si2. The summed E-state index contributed by atoms with van der Waals surface area (Å²) in [5.74, 6) is 0. The summed E-state index contributed by atoms with van der Waals surface area (Å²) < 4.78 is 123. The molecule has 1 amide bonds. The van der Waals surface area contributed by atoms with Crippen LogP contribution in [-0.4, -0.2) is 238 Å². The normalized spacial score (nSPS) is 18.0. The maximum absolute atomic E-state index is 12.6. The molecule has 41 heteroatoms. The molecule has 9 fully saturated rings. The van der Waals surface area contributed by atoms with Gasteiger partial charge in [0.25, 0.3) is 0 Å². The Morgan fingerprint density at radius 2 is 1.00 bits per heavy atom. The second-order valence-corrected chi connectivity index (χ2v) is 56.7. The number of rotatable bonds is 24. The quantitative estimate of drug-likeness (QED) is 0.0219. The summed E-state index contributed by atoms with van der Waals surface area (Å²) in [5.41, 5.74) is 10.1. The van der Waals surface area contributed by atoms with E-state index in [4.69, 9.17) is 44.6 Å². The molecule has 664 valence electrons. The summed E-state index contributed by atoms with van der Waals surface area (Å²) in [5, 5.41) is 40.0. The average Bonchev–Trinajstić information content (AvgIpc) is 1.44. The van der Waals surface area contributed by atoms with Crippen LogP contribution in [0, 0.1) is 42.4 Å². The Labute approximate surface area is 737 Å². The van der Waals surface area contributed by atoms with E-state index in [1.165, 1.54) is 36.9 Å². The van der Waals surface area contributed by atoms with Crippen LogP contribution in [0.15, 0.2) is 146 Å². The number of carbonyl (C=O) groups is 1. The standard InChI is InChI=1S/C24H32N6O3SSi.C18H18N6O2S.C16H22N4OSi.C10H14N2O2.C8H10N2O2S.C5H6N2.C3H5ClO2S/c1-35(2,3)13-12-33-18-28-11-7-22-21(6-10-26-23(22)28)19-14-27-30(15-19)24(8-9-25)16-29(17-24)34(31,32)20-4-5-20;19-6-5-18(11-23(12-18)27(25,26)14-1-2-14)24-10-13(9-22-24)15-3-7-20-17-16(15)4-8-21-17;1-22(2,3)9-8-21-12-20-7-5-15-14(4-6-17-16(15)20)13-10-18-19-11-13;1-10(2,3)14-9(13)12-6-8(7-12)5-11-4;1-9-4-7-5-10(6-7)13(11,12)8-2-3-8;1-6-2-5-3-7-4-5;4-7(5,6)3-1-2-3/h6-7,10-11,14-15,20H,4-5,8,12-13,16-18H2,1-3H3;3-4,7-10,14H,1-2,5,11-12H2,(H,20,21);4-7,10-11H,8-9,12H2,1-3H3,(H,18,19);5H,6-7H2,1-3H3;4,8H,2-3,5-6H2;2,7H,3-4H2;3H,1-2H2. The van der Waals surface area contributed by atoms with E-state index >= 15 is 0 Å². The molecule has 9 aromatic rings. The molecule has 14 heterocycles. The molecule has 0 radical (unpaired) electrons. The molecule has 0 bridgehead atoms. The van der Waals surface area contributed by atoms with Crippen molar-refractivity contribution >= 4 is 105 Å². The van der Waals surface area contributed by atoms with Crippen LogP contribution in [-0.2, 0) is 77.9 Å². The number of likely N-dealkylation sites (tertiary alicyclic amines) is 1. The Bertz CT molecular complexity index is 6140. The van der Waals surface area contributed by atoms with Gasteiger partial charge in [0.2, 0.25) is 39.1 Å². The van der Waals surface area contributed by atoms with Crippen LogP contribution in [0.5, 0.6) is 0 Å². The van der Waals surface area contributed by atoms with E-state index in [1.54, 1.807) is 45.3 Å². The highest BCUT2D eigenvalue weighted by atomic mass is 35.7. The molecule has 0 unspecified atom stereocenters. The molecule has 5 aliphatic heterocycles. The first-order valence-electron chi connectivity index (χ1n) is 41.3. The van der Waals surface area contributed by atoms with Crippen molar-refractivity contribution in [2.45, 2.75) is 187 Å².